The van der Waals surface area contributed by atoms with E-state index in [0.717, 1.165) is 28.1 Å². The molecule has 2 heteroatoms. The maximum Gasteiger partial charge on any atom is 0.0350 e. The van der Waals surface area contributed by atoms with Gasteiger partial charge in [-0.1, -0.05) is 42.0 Å². The van der Waals surface area contributed by atoms with Crippen LogP contribution in [-0.2, 0) is 0 Å². The number of nitrogens with two attached hydrogens (primary N) is 2. The van der Waals surface area contributed by atoms with Crippen molar-refractivity contribution in [3.05, 3.63) is 71.3 Å². The van der Waals surface area contributed by atoms with E-state index in [9.17, 15) is 0 Å². The zero-order chi connectivity index (χ0) is 16.6. The zero-order valence-electron chi connectivity index (χ0n) is 13.9. The Bertz CT molecular complexity index is 862. The van der Waals surface area contributed by atoms with Crippen LogP contribution in [0.15, 0.2) is 54.6 Å². The summed E-state index contributed by atoms with van der Waals surface area (Å²) in [4.78, 5) is 0. The summed E-state index contributed by atoms with van der Waals surface area (Å²) in [5, 5.41) is 0. The second kappa shape index (κ2) is 5.81. The molecule has 0 fully saturated rings. The van der Waals surface area contributed by atoms with Crippen molar-refractivity contribution in [2.24, 2.45) is 0 Å². The second-order valence-corrected chi connectivity index (χ2v) is 6.14. The van der Waals surface area contributed by atoms with Crippen LogP contribution in [0.4, 0.5) is 11.4 Å². The zero-order valence-corrected chi connectivity index (χ0v) is 13.9. The van der Waals surface area contributed by atoms with Crippen LogP contribution in [0.25, 0.3) is 22.3 Å². The number of hydrogen-bond acceptors (Lipinski definition) is 2. The Morgan fingerprint density at radius 3 is 1.91 bits per heavy atom. The molecule has 0 heterocycles. The van der Waals surface area contributed by atoms with E-state index < -0.39 is 0 Å². The predicted molar refractivity (Wildman–Crippen MR) is 100 cm³/mol. The standard InChI is InChI=1S/C21H22N2/c1-13-4-6-16(7-5-13)21-15(3)20(23)11-9-18(21)17-8-10-19(22)14(2)12-17/h4-12H,22-23H2,1-3H3. The molecule has 0 radical (unpaired) electrons. The summed E-state index contributed by atoms with van der Waals surface area (Å²) in [6.45, 7) is 6.22. The first-order valence-corrected chi connectivity index (χ1v) is 7.80. The van der Waals surface area contributed by atoms with Crippen molar-refractivity contribution in [3.8, 4) is 22.3 Å². The lowest BCUT2D eigenvalue weighted by atomic mass is 9.89. The molecule has 23 heavy (non-hydrogen) atoms. The van der Waals surface area contributed by atoms with E-state index in [1.807, 2.05) is 19.1 Å². The van der Waals surface area contributed by atoms with Gasteiger partial charge in [0, 0.05) is 11.4 Å². The van der Waals surface area contributed by atoms with E-state index in [0.29, 0.717) is 0 Å². The van der Waals surface area contributed by atoms with Gasteiger partial charge in [0.15, 0.2) is 0 Å². The molecule has 0 aliphatic carbocycles. The molecule has 0 spiro atoms. The number of rotatable bonds is 2. The van der Waals surface area contributed by atoms with Gasteiger partial charge < -0.3 is 11.5 Å². The lowest BCUT2D eigenvalue weighted by Crippen LogP contribution is -1.96. The molecule has 0 saturated heterocycles. The van der Waals surface area contributed by atoms with Gasteiger partial charge >= 0.3 is 0 Å². The molecule has 0 aromatic heterocycles. The highest BCUT2D eigenvalue weighted by Gasteiger charge is 2.13. The smallest absolute Gasteiger partial charge is 0.0350 e. The van der Waals surface area contributed by atoms with Crippen molar-refractivity contribution in [3.63, 3.8) is 0 Å². The third-order valence-electron chi connectivity index (χ3n) is 4.43. The van der Waals surface area contributed by atoms with Gasteiger partial charge in [0.25, 0.3) is 0 Å². The first kappa shape index (κ1) is 15.2. The SMILES string of the molecule is Cc1ccc(-c2c(-c3ccc(N)c(C)c3)ccc(N)c2C)cc1. The van der Waals surface area contributed by atoms with E-state index >= 15 is 0 Å². The van der Waals surface area contributed by atoms with E-state index in [4.69, 9.17) is 11.5 Å². The molecule has 3 aromatic rings. The molecular weight excluding hydrogens is 280 g/mol. The van der Waals surface area contributed by atoms with E-state index in [1.54, 1.807) is 0 Å². The molecule has 3 rings (SSSR count). The van der Waals surface area contributed by atoms with E-state index in [-0.39, 0.29) is 0 Å². The van der Waals surface area contributed by atoms with E-state index in [2.05, 4.69) is 56.3 Å². The monoisotopic (exact) mass is 302 g/mol. The number of anilines is 2. The van der Waals surface area contributed by atoms with Crippen molar-refractivity contribution in [2.75, 3.05) is 11.5 Å². The number of aryl methyl sites for hydroxylation is 2. The highest BCUT2D eigenvalue weighted by Crippen LogP contribution is 2.38. The van der Waals surface area contributed by atoms with Gasteiger partial charge in [-0.05, 0) is 72.4 Å². The van der Waals surface area contributed by atoms with Crippen LogP contribution in [-0.4, -0.2) is 0 Å². The maximum atomic E-state index is 6.17. The number of benzene rings is 3. The highest BCUT2D eigenvalue weighted by atomic mass is 14.6. The van der Waals surface area contributed by atoms with Crippen LogP contribution in [0.1, 0.15) is 16.7 Å². The minimum atomic E-state index is 0.816. The van der Waals surface area contributed by atoms with Gasteiger partial charge in [0.1, 0.15) is 0 Å². The Kier molecular flexibility index (Phi) is 3.83. The van der Waals surface area contributed by atoms with Crippen molar-refractivity contribution in [2.45, 2.75) is 20.8 Å². The van der Waals surface area contributed by atoms with Gasteiger partial charge in [0.05, 0.1) is 0 Å². The minimum absolute atomic E-state index is 0.816. The molecule has 4 N–H and O–H groups in total. The topological polar surface area (TPSA) is 52.0 Å². The average Bonchev–Trinajstić information content (AvgIpc) is 2.54. The molecule has 0 saturated carbocycles. The summed E-state index contributed by atoms with van der Waals surface area (Å²) in [6.07, 6.45) is 0. The van der Waals surface area contributed by atoms with Crippen molar-refractivity contribution in [1.29, 1.82) is 0 Å². The largest absolute Gasteiger partial charge is 0.399 e. The fourth-order valence-electron chi connectivity index (χ4n) is 2.90. The quantitative estimate of drug-likeness (QED) is 0.646. The van der Waals surface area contributed by atoms with Crippen molar-refractivity contribution >= 4 is 11.4 Å². The van der Waals surface area contributed by atoms with Crippen LogP contribution in [0.3, 0.4) is 0 Å². The van der Waals surface area contributed by atoms with Crippen LogP contribution in [0, 0.1) is 20.8 Å². The third kappa shape index (κ3) is 2.80. The average molecular weight is 302 g/mol. The number of hydrogen-bond donors (Lipinski definition) is 2. The summed E-state index contributed by atoms with van der Waals surface area (Å²) >= 11 is 0. The summed E-state index contributed by atoms with van der Waals surface area (Å²) < 4.78 is 0. The Balaban J connectivity index is 2.27. The van der Waals surface area contributed by atoms with Crippen LogP contribution in [0.2, 0.25) is 0 Å². The summed E-state index contributed by atoms with van der Waals surface area (Å²) in [5.74, 6) is 0. The molecule has 0 unspecified atom stereocenters. The van der Waals surface area contributed by atoms with Crippen LogP contribution in [0.5, 0.6) is 0 Å². The third-order valence-corrected chi connectivity index (χ3v) is 4.43. The Hall–Kier alpha value is -2.74. The van der Waals surface area contributed by atoms with Crippen molar-refractivity contribution in [1.82, 2.24) is 0 Å². The van der Waals surface area contributed by atoms with Gasteiger partial charge in [-0.15, -0.1) is 0 Å². The molecule has 116 valence electrons. The normalized spacial score (nSPS) is 10.7. The maximum absolute atomic E-state index is 6.17. The lowest BCUT2D eigenvalue weighted by Gasteiger charge is -2.16. The fourth-order valence-corrected chi connectivity index (χ4v) is 2.90. The lowest BCUT2D eigenvalue weighted by molar-refractivity contribution is 1.42. The van der Waals surface area contributed by atoms with Gasteiger partial charge in [-0.2, -0.15) is 0 Å². The molecule has 0 bridgehead atoms. The molecule has 0 aliphatic heterocycles. The molecule has 2 nitrogen and oxygen atoms in total. The van der Waals surface area contributed by atoms with Crippen molar-refractivity contribution < 1.29 is 0 Å². The van der Waals surface area contributed by atoms with E-state index in [1.165, 1.54) is 22.3 Å². The van der Waals surface area contributed by atoms with Crippen LogP contribution < -0.4 is 11.5 Å². The highest BCUT2D eigenvalue weighted by molar-refractivity contribution is 5.89. The Morgan fingerprint density at radius 2 is 1.26 bits per heavy atom. The molecule has 0 amide bonds. The molecule has 0 atom stereocenters. The second-order valence-electron chi connectivity index (χ2n) is 6.14. The summed E-state index contributed by atoms with van der Waals surface area (Å²) in [7, 11) is 0. The predicted octanol–water partition coefficient (Wildman–Crippen LogP) is 5.11. The first-order valence-electron chi connectivity index (χ1n) is 7.80. The molecule has 0 aliphatic rings. The van der Waals surface area contributed by atoms with Gasteiger partial charge in [-0.25, -0.2) is 0 Å². The van der Waals surface area contributed by atoms with Crippen LogP contribution >= 0.6 is 0 Å². The molecular formula is C21H22N2. The summed E-state index contributed by atoms with van der Waals surface area (Å²) in [5.41, 5.74) is 21.9. The minimum Gasteiger partial charge on any atom is -0.399 e. The summed E-state index contributed by atoms with van der Waals surface area (Å²) in [6, 6.07) is 18.8. The Morgan fingerprint density at radius 1 is 0.652 bits per heavy atom. The number of nitrogen functional groups attached to an aromatic ring is 2. The fraction of sp³-hybridized carbons (Fsp3) is 0.143. The van der Waals surface area contributed by atoms with Gasteiger partial charge in [0.2, 0.25) is 0 Å². The Labute approximate surface area is 137 Å². The molecule has 3 aromatic carbocycles. The first-order chi connectivity index (χ1) is 11.0. The van der Waals surface area contributed by atoms with Gasteiger partial charge in [-0.3, -0.25) is 0 Å².